The standard InChI is InChI=1S/C26H36N2O4/c1-4-28(5-2)19-18-27-26(30)22(13-7-6-8-17-25(29)31-3)20-32-24-16-11-14-21-12-9-10-15-23(21)24/h9-16H,4-8,17-20H2,1-3H3,(H,27,30)/b22-13+. The first kappa shape index (κ1) is 25.4. The predicted octanol–water partition coefficient (Wildman–Crippen LogP) is 4.34. The Labute approximate surface area is 191 Å². The molecule has 2 aromatic rings. The first-order chi connectivity index (χ1) is 15.6. The summed E-state index contributed by atoms with van der Waals surface area (Å²) in [6.45, 7) is 7.75. The lowest BCUT2D eigenvalue weighted by molar-refractivity contribution is -0.140. The smallest absolute Gasteiger partial charge is 0.305 e. The molecule has 0 aliphatic heterocycles. The highest BCUT2D eigenvalue weighted by Gasteiger charge is 2.12. The number of methoxy groups -OCH3 is 1. The van der Waals surface area contributed by atoms with Gasteiger partial charge in [-0.3, -0.25) is 9.59 Å². The lowest BCUT2D eigenvalue weighted by atomic mass is 10.1. The SMILES string of the molecule is CCN(CC)CCNC(=O)/C(=C/CCCCC(=O)OC)COc1cccc2ccccc12. The van der Waals surface area contributed by atoms with E-state index in [0.29, 0.717) is 25.0 Å². The van der Waals surface area contributed by atoms with Gasteiger partial charge in [-0.05, 0) is 43.8 Å². The number of hydrogen-bond donors (Lipinski definition) is 1. The number of ether oxygens (including phenoxy) is 2. The Morgan fingerprint density at radius 2 is 1.78 bits per heavy atom. The lowest BCUT2D eigenvalue weighted by Gasteiger charge is -2.18. The zero-order chi connectivity index (χ0) is 23.2. The molecule has 0 unspecified atom stereocenters. The number of nitrogens with one attached hydrogen (secondary N) is 1. The van der Waals surface area contributed by atoms with Crippen molar-refractivity contribution in [1.82, 2.24) is 10.2 Å². The molecule has 0 radical (unpaired) electrons. The number of hydrogen-bond acceptors (Lipinski definition) is 5. The molecular weight excluding hydrogens is 404 g/mol. The molecule has 174 valence electrons. The molecule has 0 saturated carbocycles. The molecular formula is C26H36N2O4. The number of allylic oxidation sites excluding steroid dienone is 1. The molecule has 0 saturated heterocycles. The molecule has 1 N–H and O–H groups in total. The molecule has 0 bridgehead atoms. The zero-order valence-corrected chi connectivity index (χ0v) is 19.6. The van der Waals surface area contributed by atoms with Gasteiger partial charge >= 0.3 is 5.97 Å². The molecule has 0 heterocycles. The van der Waals surface area contributed by atoms with E-state index in [9.17, 15) is 9.59 Å². The van der Waals surface area contributed by atoms with E-state index in [4.69, 9.17) is 4.74 Å². The van der Waals surface area contributed by atoms with Gasteiger partial charge in [-0.25, -0.2) is 0 Å². The van der Waals surface area contributed by atoms with Crippen LogP contribution in [0, 0.1) is 0 Å². The number of fused-ring (bicyclic) bond motifs is 1. The number of likely N-dealkylation sites (N-methyl/N-ethyl adjacent to an activating group) is 1. The Morgan fingerprint density at radius 1 is 1.03 bits per heavy atom. The van der Waals surface area contributed by atoms with Crippen LogP contribution >= 0.6 is 0 Å². The van der Waals surface area contributed by atoms with E-state index in [1.807, 2.05) is 48.5 Å². The van der Waals surface area contributed by atoms with Crippen LogP contribution < -0.4 is 10.1 Å². The number of carbonyl (C=O) groups is 2. The second-order valence-corrected chi connectivity index (χ2v) is 7.60. The molecule has 2 rings (SSSR count). The van der Waals surface area contributed by atoms with Crippen molar-refractivity contribution in [3.63, 3.8) is 0 Å². The summed E-state index contributed by atoms with van der Waals surface area (Å²) >= 11 is 0. The number of benzene rings is 2. The van der Waals surface area contributed by atoms with Crippen LogP contribution in [0.2, 0.25) is 0 Å². The van der Waals surface area contributed by atoms with Crippen molar-refractivity contribution < 1.29 is 19.1 Å². The third-order valence-electron chi connectivity index (χ3n) is 5.49. The fraction of sp³-hybridized carbons (Fsp3) is 0.462. The van der Waals surface area contributed by atoms with Crippen molar-refractivity contribution in [1.29, 1.82) is 0 Å². The number of esters is 1. The van der Waals surface area contributed by atoms with E-state index >= 15 is 0 Å². The Balaban J connectivity index is 2.00. The van der Waals surface area contributed by atoms with Gasteiger partial charge in [0.25, 0.3) is 0 Å². The van der Waals surface area contributed by atoms with Crippen LogP contribution in [-0.2, 0) is 14.3 Å². The van der Waals surface area contributed by atoms with Gasteiger partial charge in [0.15, 0.2) is 0 Å². The van der Waals surface area contributed by atoms with Crippen LogP contribution in [0.4, 0.5) is 0 Å². The van der Waals surface area contributed by atoms with Gasteiger partial charge in [0.05, 0.1) is 12.7 Å². The molecule has 0 aliphatic carbocycles. The predicted molar refractivity (Wildman–Crippen MR) is 129 cm³/mol. The van der Waals surface area contributed by atoms with Crippen molar-refractivity contribution in [2.75, 3.05) is 39.9 Å². The Morgan fingerprint density at radius 3 is 2.53 bits per heavy atom. The second kappa shape index (κ2) is 14.2. The van der Waals surface area contributed by atoms with Gasteiger partial charge < -0.3 is 19.7 Å². The molecule has 0 aliphatic rings. The van der Waals surface area contributed by atoms with Crippen LogP contribution in [-0.4, -0.2) is 56.7 Å². The van der Waals surface area contributed by atoms with Crippen LogP contribution in [0.25, 0.3) is 10.8 Å². The number of amides is 1. The third kappa shape index (κ3) is 8.35. The highest BCUT2D eigenvalue weighted by molar-refractivity contribution is 5.94. The van der Waals surface area contributed by atoms with Crippen molar-refractivity contribution in [2.24, 2.45) is 0 Å². The molecule has 0 spiro atoms. The topological polar surface area (TPSA) is 67.9 Å². The van der Waals surface area contributed by atoms with Crippen LogP contribution in [0.5, 0.6) is 5.75 Å². The van der Waals surface area contributed by atoms with Crippen molar-refractivity contribution in [3.05, 3.63) is 54.1 Å². The molecule has 32 heavy (non-hydrogen) atoms. The second-order valence-electron chi connectivity index (χ2n) is 7.60. The quantitative estimate of drug-likeness (QED) is 0.269. The van der Waals surface area contributed by atoms with Crippen molar-refractivity contribution in [2.45, 2.75) is 39.5 Å². The summed E-state index contributed by atoms with van der Waals surface area (Å²) in [5.41, 5.74) is 0.607. The summed E-state index contributed by atoms with van der Waals surface area (Å²) in [5.74, 6) is 0.448. The molecule has 6 heteroatoms. The monoisotopic (exact) mass is 440 g/mol. The average Bonchev–Trinajstić information content (AvgIpc) is 2.83. The molecule has 2 aromatic carbocycles. The summed E-state index contributed by atoms with van der Waals surface area (Å²) in [7, 11) is 1.40. The average molecular weight is 441 g/mol. The maximum atomic E-state index is 12.9. The maximum Gasteiger partial charge on any atom is 0.305 e. The van der Waals surface area contributed by atoms with Crippen LogP contribution in [0.1, 0.15) is 39.5 Å². The number of nitrogens with zero attached hydrogens (tertiary/aromatic N) is 1. The third-order valence-corrected chi connectivity index (χ3v) is 5.49. The van der Waals surface area contributed by atoms with Crippen molar-refractivity contribution >= 4 is 22.6 Å². The van der Waals surface area contributed by atoms with E-state index in [-0.39, 0.29) is 18.5 Å². The summed E-state index contributed by atoms with van der Waals surface area (Å²) in [4.78, 5) is 26.4. The van der Waals surface area contributed by atoms with E-state index < -0.39 is 0 Å². The molecule has 0 fully saturated rings. The molecule has 1 amide bonds. The molecule has 0 atom stereocenters. The minimum absolute atomic E-state index is 0.106. The van der Waals surface area contributed by atoms with E-state index in [1.54, 1.807) is 0 Å². The van der Waals surface area contributed by atoms with Crippen LogP contribution in [0.15, 0.2) is 54.1 Å². The summed E-state index contributed by atoms with van der Waals surface area (Å²) in [6.07, 6.45) is 4.55. The molecule has 6 nitrogen and oxygen atoms in total. The number of carbonyl (C=O) groups excluding carboxylic acids is 2. The summed E-state index contributed by atoms with van der Waals surface area (Å²) < 4.78 is 10.7. The zero-order valence-electron chi connectivity index (χ0n) is 19.6. The maximum absolute atomic E-state index is 12.9. The lowest BCUT2D eigenvalue weighted by Crippen LogP contribution is -2.36. The highest BCUT2D eigenvalue weighted by Crippen LogP contribution is 2.25. The van der Waals surface area contributed by atoms with Gasteiger partial charge in [0.1, 0.15) is 12.4 Å². The Bertz CT molecular complexity index is 885. The largest absolute Gasteiger partial charge is 0.488 e. The first-order valence-corrected chi connectivity index (χ1v) is 11.5. The normalized spacial score (nSPS) is 11.6. The minimum Gasteiger partial charge on any atom is -0.488 e. The first-order valence-electron chi connectivity index (χ1n) is 11.5. The van der Waals surface area contributed by atoms with E-state index in [2.05, 4.69) is 28.8 Å². The minimum atomic E-state index is -0.206. The van der Waals surface area contributed by atoms with E-state index in [1.165, 1.54) is 7.11 Å². The van der Waals surface area contributed by atoms with Gasteiger partial charge in [-0.1, -0.05) is 56.3 Å². The molecule has 0 aromatic heterocycles. The van der Waals surface area contributed by atoms with Gasteiger partial charge in [-0.15, -0.1) is 0 Å². The Kier molecular flexibility index (Phi) is 11.3. The summed E-state index contributed by atoms with van der Waals surface area (Å²) in [5, 5.41) is 5.14. The number of rotatable bonds is 14. The summed E-state index contributed by atoms with van der Waals surface area (Å²) in [6, 6.07) is 14.0. The van der Waals surface area contributed by atoms with E-state index in [0.717, 1.165) is 49.0 Å². The van der Waals surface area contributed by atoms with Gasteiger partial charge in [0, 0.05) is 24.9 Å². The fourth-order valence-electron chi connectivity index (χ4n) is 3.47. The highest BCUT2D eigenvalue weighted by atomic mass is 16.5. The fourth-order valence-corrected chi connectivity index (χ4v) is 3.47. The number of unbranched alkanes of at least 4 members (excludes halogenated alkanes) is 2. The van der Waals surface area contributed by atoms with Crippen LogP contribution in [0.3, 0.4) is 0 Å². The van der Waals surface area contributed by atoms with Crippen molar-refractivity contribution in [3.8, 4) is 5.75 Å². The van der Waals surface area contributed by atoms with Gasteiger partial charge in [0.2, 0.25) is 5.91 Å². The van der Waals surface area contributed by atoms with Gasteiger partial charge in [-0.2, -0.15) is 0 Å². The Hall–Kier alpha value is -2.86.